The molecule has 5 nitrogen and oxygen atoms in total. The summed E-state index contributed by atoms with van der Waals surface area (Å²) < 4.78 is 39.9. The minimum absolute atomic E-state index is 0.00681. The number of hydrogen-bond acceptors (Lipinski definition) is 2. The van der Waals surface area contributed by atoms with Gasteiger partial charge in [0.2, 0.25) is 0 Å². The molecule has 0 saturated heterocycles. The lowest BCUT2D eigenvalue weighted by Crippen LogP contribution is -2.28. The number of amides is 2. The molecule has 0 fully saturated rings. The first-order chi connectivity index (χ1) is 12.9. The van der Waals surface area contributed by atoms with Crippen LogP contribution < -0.4 is 10.6 Å². The number of hydrogen-bond donors (Lipinski definition) is 2. The van der Waals surface area contributed by atoms with Crippen LogP contribution in [-0.4, -0.2) is 15.8 Å². The smallest absolute Gasteiger partial charge is 0.334 e. The highest BCUT2D eigenvalue weighted by Crippen LogP contribution is 2.29. The van der Waals surface area contributed by atoms with Crippen LogP contribution in [0, 0.1) is 0 Å². The van der Waals surface area contributed by atoms with E-state index in [2.05, 4.69) is 15.7 Å². The van der Waals surface area contributed by atoms with Crippen molar-refractivity contribution in [1.82, 2.24) is 15.1 Å². The molecule has 140 valence electrons. The summed E-state index contributed by atoms with van der Waals surface area (Å²) in [5, 5.41) is 9.32. The lowest BCUT2D eigenvalue weighted by Gasteiger charge is -2.11. The molecule has 0 aliphatic carbocycles. The number of carbonyl (C=O) groups excluding carboxylic acids is 1. The number of nitrogens with zero attached hydrogens (tertiary/aromatic N) is 2. The van der Waals surface area contributed by atoms with Crippen LogP contribution in [0.4, 0.5) is 23.7 Å². The number of anilines is 1. The Morgan fingerprint density at radius 3 is 2.48 bits per heavy atom. The molecule has 27 heavy (non-hydrogen) atoms. The zero-order chi connectivity index (χ0) is 19.3. The second-order valence-electron chi connectivity index (χ2n) is 5.91. The van der Waals surface area contributed by atoms with Crippen molar-refractivity contribution in [3.05, 3.63) is 83.7 Å². The van der Waals surface area contributed by atoms with E-state index in [0.29, 0.717) is 17.8 Å². The number of halogens is 3. The summed E-state index contributed by atoms with van der Waals surface area (Å²) in [7, 11) is 0. The van der Waals surface area contributed by atoms with Gasteiger partial charge in [0.25, 0.3) is 0 Å². The zero-order valence-corrected chi connectivity index (χ0v) is 14.2. The van der Waals surface area contributed by atoms with Gasteiger partial charge in [0, 0.05) is 24.6 Å². The van der Waals surface area contributed by atoms with E-state index in [-0.39, 0.29) is 6.54 Å². The molecule has 8 heteroatoms. The van der Waals surface area contributed by atoms with Crippen LogP contribution in [-0.2, 0) is 19.3 Å². The predicted molar refractivity (Wildman–Crippen MR) is 95.1 cm³/mol. The molecule has 2 aromatic carbocycles. The van der Waals surface area contributed by atoms with Crippen molar-refractivity contribution in [3.63, 3.8) is 0 Å². The van der Waals surface area contributed by atoms with Crippen molar-refractivity contribution in [2.24, 2.45) is 0 Å². The average molecular weight is 374 g/mol. The highest BCUT2D eigenvalue weighted by atomic mass is 19.4. The molecule has 0 aliphatic rings. The third-order valence-corrected chi connectivity index (χ3v) is 3.82. The molecule has 0 atom stereocenters. The van der Waals surface area contributed by atoms with E-state index < -0.39 is 17.8 Å². The number of rotatable bonds is 5. The summed E-state index contributed by atoms with van der Waals surface area (Å²) in [6.07, 6.45) is -0.853. The Kier molecular flexibility index (Phi) is 5.44. The summed E-state index contributed by atoms with van der Waals surface area (Å²) >= 11 is 0. The van der Waals surface area contributed by atoms with Gasteiger partial charge in [-0.05, 0) is 41.5 Å². The van der Waals surface area contributed by atoms with Crippen LogP contribution in [0.15, 0.2) is 67.0 Å². The van der Waals surface area contributed by atoms with Crippen LogP contribution in [0.3, 0.4) is 0 Å². The van der Waals surface area contributed by atoms with E-state index in [4.69, 9.17) is 0 Å². The number of urea groups is 1. The van der Waals surface area contributed by atoms with Crippen LogP contribution in [0.5, 0.6) is 0 Å². The van der Waals surface area contributed by atoms with Gasteiger partial charge in [-0.25, -0.2) is 4.79 Å². The first-order valence-corrected chi connectivity index (χ1v) is 8.17. The Morgan fingerprint density at radius 2 is 1.81 bits per heavy atom. The molecule has 0 aliphatic heterocycles. The van der Waals surface area contributed by atoms with Crippen molar-refractivity contribution in [2.75, 3.05) is 5.32 Å². The average Bonchev–Trinajstić information content (AvgIpc) is 3.14. The molecule has 1 aromatic heterocycles. The van der Waals surface area contributed by atoms with E-state index in [0.717, 1.165) is 17.7 Å². The van der Waals surface area contributed by atoms with E-state index in [1.54, 1.807) is 23.0 Å². The summed E-state index contributed by atoms with van der Waals surface area (Å²) in [5.74, 6) is 0. The molecular weight excluding hydrogens is 357 g/mol. The number of carbonyl (C=O) groups is 1. The Balaban J connectivity index is 1.52. The molecule has 0 radical (unpaired) electrons. The first kappa shape index (κ1) is 18.5. The lowest BCUT2D eigenvalue weighted by molar-refractivity contribution is -0.137. The van der Waals surface area contributed by atoms with Gasteiger partial charge in [-0.1, -0.05) is 24.3 Å². The van der Waals surface area contributed by atoms with E-state index >= 15 is 0 Å². The Morgan fingerprint density at radius 1 is 1.04 bits per heavy atom. The zero-order valence-electron chi connectivity index (χ0n) is 14.2. The molecular formula is C19H17F3N4O. The fourth-order valence-electron chi connectivity index (χ4n) is 2.49. The van der Waals surface area contributed by atoms with Gasteiger partial charge in [0.1, 0.15) is 0 Å². The van der Waals surface area contributed by atoms with Gasteiger partial charge >= 0.3 is 12.2 Å². The van der Waals surface area contributed by atoms with Crippen molar-refractivity contribution >= 4 is 11.7 Å². The topological polar surface area (TPSA) is 59.0 Å². The Hall–Kier alpha value is -3.29. The minimum Gasteiger partial charge on any atom is -0.334 e. The van der Waals surface area contributed by atoms with Gasteiger partial charge in [-0.15, -0.1) is 0 Å². The first-order valence-electron chi connectivity index (χ1n) is 8.17. The maximum absolute atomic E-state index is 12.7. The SMILES string of the molecule is O=C(NCc1cccc(C(F)(F)F)c1)Nc1ccc(Cn2cccn2)cc1. The molecule has 1 heterocycles. The monoisotopic (exact) mass is 374 g/mol. The molecule has 3 aromatic rings. The van der Waals surface area contributed by atoms with E-state index in [1.165, 1.54) is 12.1 Å². The number of aromatic nitrogens is 2. The molecule has 2 amide bonds. The van der Waals surface area contributed by atoms with Crippen LogP contribution >= 0.6 is 0 Å². The molecule has 3 rings (SSSR count). The fourth-order valence-corrected chi connectivity index (χ4v) is 2.49. The normalized spacial score (nSPS) is 11.2. The van der Waals surface area contributed by atoms with Gasteiger partial charge in [0.15, 0.2) is 0 Å². The van der Waals surface area contributed by atoms with Gasteiger partial charge < -0.3 is 10.6 Å². The number of nitrogens with one attached hydrogen (secondary N) is 2. The second-order valence-corrected chi connectivity index (χ2v) is 5.91. The molecule has 0 spiro atoms. The lowest BCUT2D eigenvalue weighted by atomic mass is 10.1. The van der Waals surface area contributed by atoms with Crippen molar-refractivity contribution in [3.8, 4) is 0 Å². The van der Waals surface area contributed by atoms with Crippen molar-refractivity contribution in [1.29, 1.82) is 0 Å². The Labute approximate surface area is 153 Å². The summed E-state index contributed by atoms with van der Waals surface area (Å²) in [5.41, 5.74) is 1.24. The number of benzene rings is 2. The third kappa shape index (κ3) is 5.34. The van der Waals surface area contributed by atoms with Gasteiger partial charge in [0.05, 0.1) is 12.1 Å². The predicted octanol–water partition coefficient (Wildman–Crippen LogP) is 4.27. The van der Waals surface area contributed by atoms with Crippen LogP contribution in [0.25, 0.3) is 0 Å². The van der Waals surface area contributed by atoms with Gasteiger partial charge in [-0.3, -0.25) is 4.68 Å². The largest absolute Gasteiger partial charge is 0.416 e. The highest BCUT2D eigenvalue weighted by molar-refractivity contribution is 5.89. The third-order valence-electron chi connectivity index (χ3n) is 3.82. The van der Waals surface area contributed by atoms with E-state index in [1.807, 2.05) is 24.4 Å². The fraction of sp³-hybridized carbons (Fsp3) is 0.158. The molecule has 0 unspecified atom stereocenters. The summed E-state index contributed by atoms with van der Waals surface area (Å²) in [6, 6.07) is 13.4. The quantitative estimate of drug-likeness (QED) is 0.701. The maximum atomic E-state index is 12.7. The standard InChI is InChI=1S/C19H17F3N4O/c20-19(21,22)16-4-1-3-15(11-16)12-23-18(27)25-17-7-5-14(6-8-17)13-26-10-2-9-24-26/h1-11H,12-13H2,(H2,23,25,27). The minimum atomic E-state index is -4.41. The maximum Gasteiger partial charge on any atom is 0.416 e. The summed E-state index contributed by atoms with van der Waals surface area (Å²) in [4.78, 5) is 12.0. The number of alkyl halides is 3. The molecule has 2 N–H and O–H groups in total. The highest BCUT2D eigenvalue weighted by Gasteiger charge is 2.30. The van der Waals surface area contributed by atoms with Crippen molar-refractivity contribution in [2.45, 2.75) is 19.3 Å². The van der Waals surface area contributed by atoms with Crippen LogP contribution in [0.2, 0.25) is 0 Å². The Bertz CT molecular complexity index is 890. The molecule has 0 saturated carbocycles. The summed E-state index contributed by atoms with van der Waals surface area (Å²) in [6.45, 7) is 0.613. The molecule has 0 bridgehead atoms. The van der Waals surface area contributed by atoms with Crippen LogP contribution in [0.1, 0.15) is 16.7 Å². The van der Waals surface area contributed by atoms with Crippen molar-refractivity contribution < 1.29 is 18.0 Å². The second kappa shape index (κ2) is 7.94. The van der Waals surface area contributed by atoms with Gasteiger partial charge in [-0.2, -0.15) is 18.3 Å². The van der Waals surface area contributed by atoms with E-state index in [9.17, 15) is 18.0 Å².